The number of primary sulfonamides is 1. The van der Waals surface area contributed by atoms with Crippen LogP contribution in [0.5, 0.6) is 0 Å². The molecule has 0 atom stereocenters. The standard InChI is InChI=1S/C23H37F3N8O2S/c1-32-8-10-34(11-9-32)17-2-6-33(7-3-17)18-12-16(13-18)30-21-28-14-19(23(24,25)26)20(31-21)29-15-22(4-5-22)37(27,35)36/h14,16-18H,2-13,15H2,1H3,(H2,27,35,36)(H2,28,29,30,31). The second-order valence-electron chi connectivity index (χ2n) is 11.1. The zero-order valence-electron chi connectivity index (χ0n) is 21.2. The number of hydrogen-bond donors (Lipinski definition) is 3. The van der Waals surface area contributed by atoms with Gasteiger partial charge in [0.25, 0.3) is 0 Å². The van der Waals surface area contributed by atoms with Crippen molar-refractivity contribution >= 4 is 21.8 Å². The summed E-state index contributed by atoms with van der Waals surface area (Å²) in [7, 11) is -1.70. The molecule has 4 aliphatic rings. The van der Waals surface area contributed by atoms with Crippen molar-refractivity contribution in [3.05, 3.63) is 11.8 Å². The number of halogens is 3. The Bertz CT molecular complexity index is 1060. The highest BCUT2D eigenvalue weighted by Crippen LogP contribution is 2.43. The number of sulfonamides is 1. The van der Waals surface area contributed by atoms with E-state index >= 15 is 0 Å². The molecule has 0 unspecified atom stereocenters. The number of piperazine rings is 1. The second kappa shape index (κ2) is 10.1. The Morgan fingerprint density at radius 2 is 1.68 bits per heavy atom. The van der Waals surface area contributed by atoms with E-state index < -0.39 is 32.3 Å². The van der Waals surface area contributed by atoms with Gasteiger partial charge in [-0.3, -0.25) is 4.90 Å². The molecule has 0 bridgehead atoms. The first-order valence-corrected chi connectivity index (χ1v) is 14.6. The third-order valence-electron chi connectivity index (χ3n) is 8.60. The summed E-state index contributed by atoms with van der Waals surface area (Å²) in [6.07, 6.45) is 0.829. The van der Waals surface area contributed by atoms with E-state index in [0.29, 0.717) is 24.9 Å². The van der Waals surface area contributed by atoms with Gasteiger partial charge in [-0.25, -0.2) is 18.5 Å². The number of piperidine rings is 1. The van der Waals surface area contributed by atoms with Crippen LogP contribution in [0, 0.1) is 0 Å². The van der Waals surface area contributed by atoms with Gasteiger partial charge in [0.15, 0.2) is 0 Å². The minimum absolute atomic E-state index is 0.0872. The van der Waals surface area contributed by atoms with Crippen molar-refractivity contribution in [2.24, 2.45) is 5.14 Å². The highest BCUT2D eigenvalue weighted by atomic mass is 32.2. The number of hydrogen-bond acceptors (Lipinski definition) is 9. The molecule has 37 heavy (non-hydrogen) atoms. The first kappa shape index (κ1) is 26.9. The maximum Gasteiger partial charge on any atom is 0.421 e. The molecule has 4 fully saturated rings. The number of alkyl halides is 3. The van der Waals surface area contributed by atoms with Crippen LogP contribution in [0.3, 0.4) is 0 Å². The molecule has 0 aromatic carbocycles. The number of nitrogens with zero attached hydrogens (tertiary/aromatic N) is 5. The number of nitrogens with one attached hydrogen (secondary N) is 2. The molecule has 10 nitrogen and oxygen atoms in total. The Hall–Kier alpha value is -1.74. The summed E-state index contributed by atoms with van der Waals surface area (Å²) < 4.78 is 62.9. The molecule has 2 saturated carbocycles. The Balaban J connectivity index is 1.13. The topological polar surface area (TPSA) is 120 Å². The maximum atomic E-state index is 13.5. The molecule has 2 aliphatic carbocycles. The molecule has 208 valence electrons. The molecule has 2 aliphatic heterocycles. The SMILES string of the molecule is CN1CCN(C2CCN(C3CC(Nc4ncc(C(F)(F)F)c(NCC5(S(N)(=O)=O)CC5)n4)C3)CC2)CC1. The lowest BCUT2D eigenvalue weighted by molar-refractivity contribution is -0.137. The predicted molar refractivity (Wildman–Crippen MR) is 135 cm³/mol. The zero-order chi connectivity index (χ0) is 26.4. The monoisotopic (exact) mass is 546 g/mol. The molecule has 0 amide bonds. The number of anilines is 2. The maximum absolute atomic E-state index is 13.5. The van der Waals surface area contributed by atoms with Gasteiger partial charge in [-0.05, 0) is 58.7 Å². The largest absolute Gasteiger partial charge is 0.421 e. The molecule has 2 saturated heterocycles. The van der Waals surface area contributed by atoms with Crippen LogP contribution in [0.2, 0.25) is 0 Å². The van der Waals surface area contributed by atoms with Crippen molar-refractivity contribution in [2.75, 3.05) is 63.5 Å². The molecule has 0 radical (unpaired) electrons. The van der Waals surface area contributed by atoms with Crippen molar-refractivity contribution < 1.29 is 21.6 Å². The van der Waals surface area contributed by atoms with Gasteiger partial charge < -0.3 is 20.4 Å². The van der Waals surface area contributed by atoms with Crippen molar-refractivity contribution in [1.82, 2.24) is 24.7 Å². The number of aromatic nitrogens is 2. The summed E-state index contributed by atoms with van der Waals surface area (Å²) in [5.41, 5.74) is -1.03. The summed E-state index contributed by atoms with van der Waals surface area (Å²) in [5.74, 6) is -0.324. The van der Waals surface area contributed by atoms with E-state index in [4.69, 9.17) is 5.14 Å². The van der Waals surface area contributed by atoms with Crippen LogP contribution < -0.4 is 15.8 Å². The van der Waals surface area contributed by atoms with E-state index in [2.05, 4.69) is 42.3 Å². The Kier molecular flexibility index (Phi) is 7.33. The van der Waals surface area contributed by atoms with Gasteiger partial charge in [-0.15, -0.1) is 0 Å². The van der Waals surface area contributed by atoms with E-state index in [9.17, 15) is 21.6 Å². The van der Waals surface area contributed by atoms with Crippen LogP contribution in [0.25, 0.3) is 0 Å². The molecule has 0 spiro atoms. The fraction of sp³-hybridized carbons (Fsp3) is 0.826. The van der Waals surface area contributed by atoms with Crippen LogP contribution in [0.4, 0.5) is 24.9 Å². The van der Waals surface area contributed by atoms with E-state index in [1.54, 1.807) is 0 Å². The zero-order valence-corrected chi connectivity index (χ0v) is 22.0. The first-order valence-electron chi connectivity index (χ1n) is 13.1. The van der Waals surface area contributed by atoms with Gasteiger partial charge >= 0.3 is 6.18 Å². The smallest absolute Gasteiger partial charge is 0.368 e. The minimum atomic E-state index is -4.67. The van der Waals surface area contributed by atoms with Crippen molar-refractivity contribution in [3.8, 4) is 0 Å². The quantitative estimate of drug-likeness (QED) is 0.444. The highest BCUT2D eigenvalue weighted by Gasteiger charge is 2.53. The van der Waals surface area contributed by atoms with Gasteiger partial charge in [0.1, 0.15) is 16.1 Å². The number of likely N-dealkylation sites (tertiary alicyclic amines) is 1. The molecule has 3 heterocycles. The molecule has 4 N–H and O–H groups in total. The predicted octanol–water partition coefficient (Wildman–Crippen LogP) is 1.38. The third kappa shape index (κ3) is 5.97. The first-order chi connectivity index (χ1) is 17.4. The van der Waals surface area contributed by atoms with Crippen LogP contribution >= 0.6 is 0 Å². The van der Waals surface area contributed by atoms with Gasteiger partial charge in [0.2, 0.25) is 16.0 Å². The average Bonchev–Trinajstić information content (AvgIpc) is 3.61. The summed E-state index contributed by atoms with van der Waals surface area (Å²) in [6, 6.07) is 1.21. The van der Waals surface area contributed by atoms with Gasteiger partial charge in [-0.2, -0.15) is 18.2 Å². The Morgan fingerprint density at radius 3 is 2.24 bits per heavy atom. The van der Waals surface area contributed by atoms with Crippen molar-refractivity contribution in [1.29, 1.82) is 0 Å². The molecule has 1 aromatic rings. The Morgan fingerprint density at radius 1 is 1.05 bits per heavy atom. The van der Waals surface area contributed by atoms with Gasteiger partial charge in [0.05, 0.1) is 0 Å². The molecule has 14 heteroatoms. The summed E-state index contributed by atoms with van der Waals surface area (Å²) in [5, 5.41) is 11.0. The Labute approximate surface area is 216 Å². The normalized spacial score (nSPS) is 28.0. The number of rotatable bonds is 8. The van der Waals surface area contributed by atoms with Crippen LogP contribution in [0.1, 0.15) is 44.1 Å². The second-order valence-corrected chi connectivity index (χ2v) is 13.1. The molecular formula is C23H37F3N8O2S. The van der Waals surface area contributed by atoms with E-state index in [0.717, 1.165) is 58.3 Å². The van der Waals surface area contributed by atoms with Gasteiger partial charge in [-0.1, -0.05) is 0 Å². The van der Waals surface area contributed by atoms with Crippen LogP contribution in [0.15, 0.2) is 6.20 Å². The third-order valence-corrected chi connectivity index (χ3v) is 10.4. The number of nitrogens with two attached hydrogens (primary N) is 1. The highest BCUT2D eigenvalue weighted by molar-refractivity contribution is 7.90. The van der Waals surface area contributed by atoms with E-state index in [-0.39, 0.29) is 18.5 Å². The molecule has 1 aromatic heterocycles. The fourth-order valence-corrected chi connectivity index (χ4v) is 6.67. The summed E-state index contributed by atoms with van der Waals surface area (Å²) in [4.78, 5) is 15.5. The minimum Gasteiger partial charge on any atom is -0.368 e. The van der Waals surface area contributed by atoms with E-state index in [1.807, 2.05) is 0 Å². The van der Waals surface area contributed by atoms with E-state index in [1.165, 1.54) is 12.8 Å². The fourth-order valence-electron chi connectivity index (χ4n) is 5.73. The molecular weight excluding hydrogens is 509 g/mol. The number of likely N-dealkylation sites (N-methyl/N-ethyl adjacent to an activating group) is 1. The van der Waals surface area contributed by atoms with Crippen molar-refractivity contribution in [2.45, 2.75) is 67.6 Å². The lowest BCUT2D eigenvalue weighted by atomic mass is 9.84. The lowest BCUT2D eigenvalue weighted by Crippen LogP contribution is -2.56. The lowest BCUT2D eigenvalue weighted by Gasteiger charge is -2.48. The summed E-state index contributed by atoms with van der Waals surface area (Å²) in [6.45, 7) is 6.48. The summed E-state index contributed by atoms with van der Waals surface area (Å²) >= 11 is 0. The molecule has 5 rings (SSSR count). The van der Waals surface area contributed by atoms with Crippen LogP contribution in [-0.2, 0) is 16.2 Å². The average molecular weight is 547 g/mol. The van der Waals surface area contributed by atoms with Crippen molar-refractivity contribution in [3.63, 3.8) is 0 Å². The van der Waals surface area contributed by atoms with Gasteiger partial charge in [0, 0.05) is 57.0 Å². The van der Waals surface area contributed by atoms with Crippen LogP contribution in [-0.4, -0.2) is 109 Å².